The number of nitrogens with two attached hydrogens (primary N) is 1. The maximum Gasteiger partial charge on any atom is 0.325 e. The van der Waals surface area contributed by atoms with E-state index in [4.69, 9.17) is 10.5 Å². The molecule has 6 nitrogen and oxygen atoms in total. The summed E-state index contributed by atoms with van der Waals surface area (Å²) in [5, 5.41) is 2.76. The minimum absolute atomic E-state index is 0.0385. The van der Waals surface area contributed by atoms with E-state index in [0.717, 1.165) is 0 Å². The van der Waals surface area contributed by atoms with Crippen LogP contribution in [0.25, 0.3) is 0 Å². The lowest BCUT2D eigenvalue weighted by Gasteiger charge is -2.05. The van der Waals surface area contributed by atoms with Crippen LogP contribution in [0.4, 0.5) is 5.82 Å². The summed E-state index contributed by atoms with van der Waals surface area (Å²) in [6.07, 6.45) is 1.34. The monoisotopic (exact) mass is 223 g/mol. The smallest absolute Gasteiger partial charge is 0.325 e. The Morgan fingerprint density at radius 3 is 2.75 bits per heavy atom. The lowest BCUT2D eigenvalue weighted by Crippen LogP contribution is -2.17. The van der Waals surface area contributed by atoms with E-state index >= 15 is 0 Å². The van der Waals surface area contributed by atoms with Crippen molar-refractivity contribution in [3.63, 3.8) is 0 Å². The highest BCUT2D eigenvalue weighted by atomic mass is 16.5. The van der Waals surface area contributed by atoms with Crippen LogP contribution in [-0.4, -0.2) is 30.0 Å². The molecule has 0 aliphatic heterocycles. The van der Waals surface area contributed by atoms with Gasteiger partial charge in [0.15, 0.2) is 0 Å². The normalized spacial score (nSPS) is 9.56. The van der Waals surface area contributed by atoms with Gasteiger partial charge >= 0.3 is 5.97 Å². The third-order valence-electron chi connectivity index (χ3n) is 1.77. The quantitative estimate of drug-likeness (QED) is 0.693. The lowest BCUT2D eigenvalue weighted by molar-refractivity contribution is -0.140. The summed E-state index contributed by atoms with van der Waals surface area (Å²) >= 11 is 0. The molecule has 1 heterocycles. The van der Waals surface area contributed by atoms with Crippen molar-refractivity contribution in [2.45, 2.75) is 6.92 Å². The number of nitrogens with one attached hydrogen (secondary N) is 1. The number of amides is 1. The SMILES string of the molecule is CCOC(=O)CNc1ccc(C(N)=O)cn1. The number of primary amides is 1. The van der Waals surface area contributed by atoms with Gasteiger partial charge in [-0.15, -0.1) is 0 Å². The first-order valence-corrected chi connectivity index (χ1v) is 4.79. The molecule has 3 N–H and O–H groups in total. The molecular weight excluding hydrogens is 210 g/mol. The Labute approximate surface area is 92.8 Å². The van der Waals surface area contributed by atoms with E-state index < -0.39 is 5.91 Å². The van der Waals surface area contributed by atoms with Crippen molar-refractivity contribution in [1.29, 1.82) is 0 Å². The van der Waals surface area contributed by atoms with Crippen molar-refractivity contribution in [3.8, 4) is 0 Å². The molecule has 1 aromatic rings. The fourth-order valence-corrected chi connectivity index (χ4v) is 1.02. The Hall–Kier alpha value is -2.11. The molecule has 0 radical (unpaired) electrons. The van der Waals surface area contributed by atoms with Gasteiger partial charge in [-0.2, -0.15) is 0 Å². The van der Waals surface area contributed by atoms with E-state index in [1.807, 2.05) is 0 Å². The number of pyridine rings is 1. The largest absolute Gasteiger partial charge is 0.465 e. The van der Waals surface area contributed by atoms with Crippen molar-refractivity contribution < 1.29 is 14.3 Å². The summed E-state index contributed by atoms with van der Waals surface area (Å²) in [6, 6.07) is 3.10. The maximum atomic E-state index is 11.0. The van der Waals surface area contributed by atoms with Crippen molar-refractivity contribution in [2.75, 3.05) is 18.5 Å². The Morgan fingerprint density at radius 2 is 2.25 bits per heavy atom. The molecule has 0 saturated heterocycles. The van der Waals surface area contributed by atoms with Crippen LogP contribution in [-0.2, 0) is 9.53 Å². The number of anilines is 1. The number of rotatable bonds is 5. The molecule has 1 amide bonds. The number of nitrogens with zero attached hydrogens (tertiary/aromatic N) is 1. The van der Waals surface area contributed by atoms with Gasteiger partial charge in [-0.25, -0.2) is 4.98 Å². The molecule has 1 aromatic heterocycles. The second-order valence-electron chi connectivity index (χ2n) is 2.95. The van der Waals surface area contributed by atoms with Crippen LogP contribution in [0.3, 0.4) is 0 Å². The summed E-state index contributed by atoms with van der Waals surface area (Å²) < 4.78 is 4.72. The Kier molecular flexibility index (Phi) is 4.26. The van der Waals surface area contributed by atoms with Gasteiger partial charge in [0.2, 0.25) is 5.91 Å². The number of hydrogen-bond acceptors (Lipinski definition) is 5. The number of esters is 1. The molecule has 0 atom stereocenters. The summed E-state index contributed by atoms with van der Waals surface area (Å²) in [5.41, 5.74) is 5.37. The van der Waals surface area contributed by atoms with Crippen LogP contribution in [0.15, 0.2) is 18.3 Å². The van der Waals surface area contributed by atoms with Gasteiger partial charge in [0.1, 0.15) is 12.4 Å². The first kappa shape index (κ1) is 12.0. The van der Waals surface area contributed by atoms with Gasteiger partial charge in [-0.3, -0.25) is 9.59 Å². The highest BCUT2D eigenvalue weighted by Crippen LogP contribution is 2.03. The van der Waals surface area contributed by atoms with E-state index in [9.17, 15) is 9.59 Å². The number of ether oxygens (including phenoxy) is 1. The standard InChI is InChI=1S/C10H13N3O3/c1-2-16-9(14)6-13-8-4-3-7(5-12-8)10(11)15/h3-5H,2,6H2,1H3,(H2,11,15)(H,12,13). The third kappa shape index (κ3) is 3.56. The molecule has 0 spiro atoms. The van der Waals surface area contributed by atoms with Crippen LogP contribution in [0.5, 0.6) is 0 Å². The molecule has 1 rings (SSSR count). The molecule has 16 heavy (non-hydrogen) atoms. The van der Waals surface area contributed by atoms with Crippen molar-refractivity contribution in [2.24, 2.45) is 5.73 Å². The van der Waals surface area contributed by atoms with Crippen LogP contribution in [0.2, 0.25) is 0 Å². The summed E-state index contributed by atoms with van der Waals surface area (Å²) in [6.45, 7) is 2.11. The fraction of sp³-hybridized carbons (Fsp3) is 0.300. The average Bonchev–Trinajstić information content (AvgIpc) is 2.27. The summed E-state index contributed by atoms with van der Waals surface area (Å²) in [7, 11) is 0. The number of aromatic nitrogens is 1. The van der Waals surface area contributed by atoms with E-state index in [-0.39, 0.29) is 12.5 Å². The maximum absolute atomic E-state index is 11.0. The molecule has 0 aliphatic carbocycles. The zero-order chi connectivity index (χ0) is 12.0. The zero-order valence-electron chi connectivity index (χ0n) is 8.90. The first-order valence-electron chi connectivity index (χ1n) is 4.79. The molecule has 0 unspecified atom stereocenters. The number of hydrogen-bond donors (Lipinski definition) is 2. The molecule has 0 bridgehead atoms. The van der Waals surface area contributed by atoms with E-state index in [2.05, 4.69) is 10.3 Å². The molecule has 86 valence electrons. The summed E-state index contributed by atoms with van der Waals surface area (Å²) in [4.78, 5) is 25.7. The zero-order valence-corrected chi connectivity index (χ0v) is 8.90. The fourth-order valence-electron chi connectivity index (χ4n) is 1.02. The number of carbonyl (C=O) groups excluding carboxylic acids is 2. The van der Waals surface area contributed by atoms with E-state index in [1.165, 1.54) is 12.3 Å². The van der Waals surface area contributed by atoms with Gasteiger partial charge in [-0.05, 0) is 19.1 Å². The predicted molar refractivity (Wildman–Crippen MR) is 57.9 cm³/mol. The predicted octanol–water partition coefficient (Wildman–Crippen LogP) is 0.155. The van der Waals surface area contributed by atoms with Gasteiger partial charge < -0.3 is 15.8 Å². The minimum atomic E-state index is -0.538. The van der Waals surface area contributed by atoms with Crippen molar-refractivity contribution in [3.05, 3.63) is 23.9 Å². The van der Waals surface area contributed by atoms with E-state index in [0.29, 0.717) is 18.0 Å². The van der Waals surface area contributed by atoms with Gasteiger partial charge in [0.05, 0.1) is 12.2 Å². The second kappa shape index (κ2) is 5.69. The second-order valence-corrected chi connectivity index (χ2v) is 2.95. The summed E-state index contributed by atoms with van der Waals surface area (Å²) in [5.74, 6) is -0.411. The Morgan fingerprint density at radius 1 is 1.50 bits per heavy atom. The van der Waals surface area contributed by atoms with Crippen LogP contribution in [0, 0.1) is 0 Å². The van der Waals surface area contributed by atoms with Crippen LogP contribution < -0.4 is 11.1 Å². The van der Waals surface area contributed by atoms with Crippen LogP contribution >= 0.6 is 0 Å². The Balaban J connectivity index is 2.49. The van der Waals surface area contributed by atoms with Gasteiger partial charge in [0, 0.05) is 6.20 Å². The molecule has 6 heteroatoms. The Bertz CT molecular complexity index is 375. The molecule has 0 aliphatic rings. The average molecular weight is 223 g/mol. The molecule has 0 aromatic carbocycles. The van der Waals surface area contributed by atoms with Crippen molar-refractivity contribution >= 4 is 17.7 Å². The topological polar surface area (TPSA) is 94.3 Å². The lowest BCUT2D eigenvalue weighted by atomic mass is 10.3. The molecular formula is C10H13N3O3. The molecule has 0 fully saturated rings. The van der Waals surface area contributed by atoms with Gasteiger partial charge in [0.25, 0.3) is 0 Å². The van der Waals surface area contributed by atoms with Crippen LogP contribution in [0.1, 0.15) is 17.3 Å². The molecule has 0 saturated carbocycles. The van der Waals surface area contributed by atoms with Crippen molar-refractivity contribution in [1.82, 2.24) is 4.98 Å². The van der Waals surface area contributed by atoms with E-state index in [1.54, 1.807) is 13.0 Å². The number of carbonyl (C=O) groups is 2. The first-order chi connectivity index (χ1) is 7.63. The highest BCUT2D eigenvalue weighted by molar-refractivity contribution is 5.92. The highest BCUT2D eigenvalue weighted by Gasteiger charge is 2.03. The third-order valence-corrected chi connectivity index (χ3v) is 1.77. The minimum Gasteiger partial charge on any atom is -0.465 e. The van der Waals surface area contributed by atoms with Gasteiger partial charge in [-0.1, -0.05) is 0 Å².